The molecule has 1 unspecified atom stereocenters. The molecule has 0 saturated heterocycles. The summed E-state index contributed by atoms with van der Waals surface area (Å²) in [5.74, 6) is 0.691. The molecule has 0 spiro atoms. The fourth-order valence-electron chi connectivity index (χ4n) is 3.23. The Labute approximate surface area is 175 Å². The van der Waals surface area contributed by atoms with E-state index in [0.29, 0.717) is 5.75 Å². The van der Waals surface area contributed by atoms with Crippen LogP contribution >= 0.6 is 22.7 Å². The number of benzene rings is 1. The van der Waals surface area contributed by atoms with Crippen molar-refractivity contribution in [3.05, 3.63) is 53.9 Å². The van der Waals surface area contributed by atoms with E-state index in [2.05, 4.69) is 54.0 Å². The number of thiophene rings is 2. The summed E-state index contributed by atoms with van der Waals surface area (Å²) in [4.78, 5) is 7.03. The zero-order valence-corrected chi connectivity index (χ0v) is 18.3. The lowest BCUT2D eigenvalue weighted by atomic mass is 10.0. The van der Waals surface area contributed by atoms with Gasteiger partial charge in [-0.15, -0.1) is 22.7 Å². The van der Waals surface area contributed by atoms with Gasteiger partial charge in [0.25, 0.3) is 0 Å². The minimum atomic E-state index is -1.02. The molecule has 3 aromatic heterocycles. The fourth-order valence-corrected chi connectivity index (χ4v) is 6.88. The summed E-state index contributed by atoms with van der Waals surface area (Å²) >= 11 is 3.25. The van der Waals surface area contributed by atoms with Crippen molar-refractivity contribution >= 4 is 49.4 Å². The standard InChI is InChI=1S/C22H22N2OS3/c1-3-4-13-28(25)22-20(23-2)19-16(15-9-6-5-7-10-15)14-17(24-21(19)27-22)18-11-8-12-26-18/h5-12,14,23H,3-4,13H2,1-2H3. The zero-order chi connectivity index (χ0) is 19.5. The van der Waals surface area contributed by atoms with Crippen LogP contribution in [0.5, 0.6) is 0 Å². The molecule has 3 heterocycles. The highest BCUT2D eigenvalue weighted by Gasteiger charge is 2.22. The lowest BCUT2D eigenvalue weighted by Crippen LogP contribution is -1.99. The van der Waals surface area contributed by atoms with Gasteiger partial charge in [-0.3, -0.25) is 4.21 Å². The lowest BCUT2D eigenvalue weighted by Gasteiger charge is -2.09. The molecule has 0 fully saturated rings. The smallest absolute Gasteiger partial charge is 0.127 e. The largest absolute Gasteiger partial charge is 0.386 e. The van der Waals surface area contributed by atoms with Crippen LogP contribution in [0.4, 0.5) is 5.69 Å². The number of anilines is 1. The molecule has 1 aromatic carbocycles. The van der Waals surface area contributed by atoms with Crippen LogP contribution in [0.1, 0.15) is 19.8 Å². The Bertz CT molecular complexity index is 1100. The summed E-state index contributed by atoms with van der Waals surface area (Å²) in [5.41, 5.74) is 4.20. The topological polar surface area (TPSA) is 42.0 Å². The number of aromatic nitrogens is 1. The molecule has 0 saturated carbocycles. The maximum Gasteiger partial charge on any atom is 0.127 e. The van der Waals surface area contributed by atoms with Crippen molar-refractivity contribution in [2.24, 2.45) is 0 Å². The first-order valence-corrected chi connectivity index (χ1v) is 12.4. The van der Waals surface area contributed by atoms with Crippen LogP contribution in [-0.4, -0.2) is 22.0 Å². The maximum absolute atomic E-state index is 13.0. The number of nitrogens with one attached hydrogen (secondary N) is 1. The van der Waals surface area contributed by atoms with E-state index in [-0.39, 0.29) is 0 Å². The Morgan fingerprint density at radius 2 is 1.96 bits per heavy atom. The van der Waals surface area contributed by atoms with Gasteiger partial charge in [-0.05, 0) is 35.1 Å². The van der Waals surface area contributed by atoms with Gasteiger partial charge in [0, 0.05) is 18.2 Å². The average Bonchev–Trinajstić information content (AvgIpc) is 3.39. The van der Waals surface area contributed by atoms with Crippen molar-refractivity contribution in [1.82, 2.24) is 4.98 Å². The van der Waals surface area contributed by atoms with Gasteiger partial charge in [0.15, 0.2) is 0 Å². The van der Waals surface area contributed by atoms with Crippen LogP contribution < -0.4 is 5.32 Å². The first-order chi connectivity index (χ1) is 13.7. The summed E-state index contributed by atoms with van der Waals surface area (Å²) in [5, 5.41) is 6.46. The molecule has 1 N–H and O–H groups in total. The molecule has 0 aliphatic carbocycles. The summed E-state index contributed by atoms with van der Waals surface area (Å²) in [6.45, 7) is 2.13. The lowest BCUT2D eigenvalue weighted by molar-refractivity contribution is 0.681. The van der Waals surface area contributed by atoms with Gasteiger partial charge >= 0.3 is 0 Å². The third kappa shape index (κ3) is 3.64. The van der Waals surface area contributed by atoms with E-state index in [1.165, 1.54) is 0 Å². The number of fused-ring (bicyclic) bond motifs is 1. The molecule has 1 atom stereocenters. The van der Waals surface area contributed by atoms with E-state index >= 15 is 0 Å². The third-order valence-corrected chi connectivity index (χ3v) is 8.48. The molecule has 0 amide bonds. The molecular formula is C22H22N2OS3. The SMILES string of the molecule is CCCCS(=O)c1sc2nc(-c3cccs3)cc(-c3ccccc3)c2c1NC. The molecule has 0 bridgehead atoms. The Morgan fingerprint density at radius 1 is 1.14 bits per heavy atom. The molecule has 0 aliphatic heterocycles. The van der Waals surface area contributed by atoms with Crippen LogP contribution in [0.3, 0.4) is 0 Å². The molecule has 0 aliphatic rings. The van der Waals surface area contributed by atoms with Gasteiger partial charge in [-0.25, -0.2) is 4.98 Å². The Hall–Kier alpha value is -2.02. The fraction of sp³-hybridized carbons (Fsp3) is 0.227. The predicted molar refractivity (Wildman–Crippen MR) is 124 cm³/mol. The highest BCUT2D eigenvalue weighted by atomic mass is 32.2. The number of pyridine rings is 1. The van der Waals surface area contributed by atoms with Gasteiger partial charge in [0.05, 0.1) is 27.1 Å². The Kier molecular flexibility index (Phi) is 5.90. The highest BCUT2D eigenvalue weighted by Crippen LogP contribution is 2.44. The molecular weight excluding hydrogens is 404 g/mol. The second-order valence-electron chi connectivity index (χ2n) is 6.50. The van der Waals surface area contributed by atoms with E-state index < -0.39 is 10.8 Å². The van der Waals surface area contributed by atoms with Crippen molar-refractivity contribution in [2.75, 3.05) is 18.1 Å². The summed E-state index contributed by atoms with van der Waals surface area (Å²) in [6.07, 6.45) is 2.00. The first-order valence-electron chi connectivity index (χ1n) is 9.36. The third-order valence-electron chi connectivity index (χ3n) is 4.63. The van der Waals surface area contributed by atoms with Crippen molar-refractivity contribution < 1.29 is 4.21 Å². The monoisotopic (exact) mass is 426 g/mol. The van der Waals surface area contributed by atoms with Crippen LogP contribution in [0.15, 0.2) is 58.1 Å². The van der Waals surface area contributed by atoms with Crippen LogP contribution in [0.2, 0.25) is 0 Å². The van der Waals surface area contributed by atoms with E-state index in [1.54, 1.807) is 22.7 Å². The number of hydrogen-bond donors (Lipinski definition) is 1. The summed E-state index contributed by atoms with van der Waals surface area (Å²) in [6, 6.07) is 16.7. The van der Waals surface area contributed by atoms with Crippen LogP contribution in [0, 0.1) is 0 Å². The maximum atomic E-state index is 13.0. The van der Waals surface area contributed by atoms with Crippen molar-refractivity contribution in [2.45, 2.75) is 24.0 Å². The van der Waals surface area contributed by atoms with Crippen LogP contribution in [0.25, 0.3) is 31.9 Å². The summed E-state index contributed by atoms with van der Waals surface area (Å²) < 4.78 is 13.9. The number of rotatable bonds is 7. The number of hydrogen-bond acceptors (Lipinski definition) is 5. The second kappa shape index (κ2) is 8.55. The highest BCUT2D eigenvalue weighted by molar-refractivity contribution is 7.87. The molecule has 0 radical (unpaired) electrons. The van der Waals surface area contributed by atoms with Crippen molar-refractivity contribution in [3.63, 3.8) is 0 Å². The molecule has 4 rings (SSSR count). The molecule has 144 valence electrons. The van der Waals surface area contributed by atoms with Gasteiger partial charge in [-0.2, -0.15) is 0 Å². The minimum Gasteiger partial charge on any atom is -0.386 e. The number of nitrogens with zero attached hydrogens (tertiary/aromatic N) is 1. The van der Waals surface area contributed by atoms with E-state index in [4.69, 9.17) is 4.98 Å². The Balaban J connectivity index is 1.98. The van der Waals surface area contributed by atoms with E-state index in [9.17, 15) is 4.21 Å². The first kappa shape index (κ1) is 19.3. The second-order valence-corrected chi connectivity index (χ2v) is 10.2. The molecule has 3 nitrogen and oxygen atoms in total. The molecule has 6 heteroatoms. The van der Waals surface area contributed by atoms with Gasteiger partial charge in [-0.1, -0.05) is 49.7 Å². The summed E-state index contributed by atoms with van der Waals surface area (Å²) in [7, 11) is 0.890. The van der Waals surface area contributed by atoms with Crippen molar-refractivity contribution in [3.8, 4) is 21.7 Å². The van der Waals surface area contributed by atoms with Crippen LogP contribution in [-0.2, 0) is 10.8 Å². The zero-order valence-electron chi connectivity index (χ0n) is 15.9. The quantitative estimate of drug-likeness (QED) is 0.360. The van der Waals surface area contributed by atoms with E-state index in [1.807, 2.05) is 19.2 Å². The number of unbranched alkanes of at least 4 members (excludes halogenated alkanes) is 1. The minimum absolute atomic E-state index is 0.691. The average molecular weight is 427 g/mol. The van der Waals surface area contributed by atoms with Gasteiger partial charge in [0.2, 0.25) is 0 Å². The molecule has 28 heavy (non-hydrogen) atoms. The predicted octanol–water partition coefficient (Wildman–Crippen LogP) is 6.64. The van der Waals surface area contributed by atoms with Gasteiger partial charge < -0.3 is 5.32 Å². The Morgan fingerprint density at radius 3 is 2.64 bits per heavy atom. The van der Waals surface area contributed by atoms with Crippen molar-refractivity contribution in [1.29, 1.82) is 0 Å². The van der Waals surface area contributed by atoms with Gasteiger partial charge in [0.1, 0.15) is 9.04 Å². The molecule has 4 aromatic rings. The van der Waals surface area contributed by atoms with E-state index in [0.717, 1.165) is 54.7 Å². The normalized spacial score (nSPS) is 12.4.